The van der Waals surface area contributed by atoms with Gasteiger partial charge in [0.2, 0.25) is 5.88 Å². The summed E-state index contributed by atoms with van der Waals surface area (Å²) in [7, 11) is 0. The third kappa shape index (κ3) is 4.75. The summed E-state index contributed by atoms with van der Waals surface area (Å²) in [5, 5.41) is 4.45. The minimum absolute atomic E-state index is 0.383. The van der Waals surface area contributed by atoms with Gasteiger partial charge in [-0.25, -0.2) is 4.98 Å². The van der Waals surface area contributed by atoms with Crippen LogP contribution in [0, 0.1) is 0 Å². The van der Waals surface area contributed by atoms with Gasteiger partial charge in [-0.05, 0) is 12.1 Å². The van der Waals surface area contributed by atoms with Crippen LogP contribution in [0.15, 0.2) is 30.3 Å². The lowest BCUT2D eigenvalue weighted by atomic mass is 10.3. The van der Waals surface area contributed by atoms with Crippen LogP contribution in [0.4, 0.5) is 0 Å². The van der Waals surface area contributed by atoms with Gasteiger partial charge in [0, 0.05) is 24.7 Å². The average molecular weight is 346 g/mol. The van der Waals surface area contributed by atoms with E-state index in [1.54, 1.807) is 18.2 Å². The van der Waals surface area contributed by atoms with Crippen molar-refractivity contribution >= 4 is 34.8 Å². The second-order valence-corrected chi connectivity index (χ2v) is 6.02. The number of nitrogens with one attached hydrogen (secondary N) is 1. The number of benzene rings is 1. The van der Waals surface area contributed by atoms with Crippen molar-refractivity contribution in [2.45, 2.75) is 26.4 Å². The fourth-order valence-electron chi connectivity index (χ4n) is 1.62. The van der Waals surface area contributed by atoms with Gasteiger partial charge in [-0.3, -0.25) is 0 Å². The molecule has 0 aliphatic carbocycles. The van der Waals surface area contributed by atoms with Crippen LogP contribution in [0.1, 0.15) is 19.5 Å². The molecule has 0 aliphatic rings. The van der Waals surface area contributed by atoms with E-state index in [4.69, 9.17) is 39.5 Å². The van der Waals surface area contributed by atoms with Crippen LogP contribution in [0.3, 0.4) is 0 Å². The first kappa shape index (κ1) is 16.4. The van der Waals surface area contributed by atoms with Gasteiger partial charge in [-0.2, -0.15) is 0 Å². The molecular weight excluding hydrogens is 331 g/mol. The molecule has 1 aromatic carbocycles. The first-order valence-electron chi connectivity index (χ1n) is 6.47. The van der Waals surface area contributed by atoms with E-state index in [0.717, 1.165) is 5.69 Å². The molecule has 2 aromatic rings. The van der Waals surface area contributed by atoms with Gasteiger partial charge in [0.05, 0.1) is 20.8 Å². The van der Waals surface area contributed by atoms with E-state index in [2.05, 4.69) is 24.1 Å². The molecule has 1 N–H and O–H groups in total. The average Bonchev–Trinajstić information content (AvgIpc) is 2.43. The van der Waals surface area contributed by atoms with Gasteiger partial charge in [0.25, 0.3) is 0 Å². The molecule has 3 nitrogen and oxygen atoms in total. The molecule has 0 bridgehead atoms. The molecule has 2 rings (SSSR count). The summed E-state index contributed by atoms with van der Waals surface area (Å²) < 4.78 is 5.68. The van der Waals surface area contributed by atoms with Crippen molar-refractivity contribution in [1.82, 2.24) is 10.3 Å². The number of rotatable bonds is 5. The SMILES string of the molecule is CC(C)NCc1cccc(Oc2cc(Cl)c(Cl)cc2Cl)n1. The number of aromatic nitrogens is 1. The summed E-state index contributed by atoms with van der Waals surface area (Å²) in [6.07, 6.45) is 0. The number of ether oxygens (including phenoxy) is 1. The summed E-state index contributed by atoms with van der Waals surface area (Å²) in [6.45, 7) is 4.83. The molecule has 6 heteroatoms. The monoisotopic (exact) mass is 344 g/mol. The molecule has 21 heavy (non-hydrogen) atoms. The van der Waals surface area contributed by atoms with E-state index in [1.165, 1.54) is 0 Å². The topological polar surface area (TPSA) is 34.1 Å². The fourth-order valence-corrected chi connectivity index (χ4v) is 2.19. The lowest BCUT2D eigenvalue weighted by Crippen LogP contribution is -2.22. The molecule has 0 aliphatic heterocycles. The third-order valence-electron chi connectivity index (χ3n) is 2.66. The minimum Gasteiger partial charge on any atom is -0.437 e. The van der Waals surface area contributed by atoms with Crippen LogP contribution >= 0.6 is 34.8 Å². The maximum absolute atomic E-state index is 6.09. The lowest BCUT2D eigenvalue weighted by Gasteiger charge is -2.10. The minimum atomic E-state index is 0.383. The summed E-state index contributed by atoms with van der Waals surface area (Å²) in [5.41, 5.74) is 0.886. The highest BCUT2D eigenvalue weighted by molar-refractivity contribution is 6.43. The van der Waals surface area contributed by atoms with Crippen molar-refractivity contribution in [3.05, 3.63) is 51.1 Å². The maximum atomic E-state index is 6.09. The van der Waals surface area contributed by atoms with E-state index < -0.39 is 0 Å². The summed E-state index contributed by atoms with van der Waals surface area (Å²) in [4.78, 5) is 4.41. The Bertz CT molecular complexity index is 632. The highest BCUT2D eigenvalue weighted by Gasteiger charge is 2.09. The number of halogens is 3. The predicted octanol–water partition coefficient (Wildman–Crippen LogP) is 5.33. The number of pyridine rings is 1. The second kappa shape index (κ2) is 7.32. The van der Waals surface area contributed by atoms with Gasteiger partial charge < -0.3 is 10.1 Å². The lowest BCUT2D eigenvalue weighted by molar-refractivity contribution is 0.458. The Kier molecular flexibility index (Phi) is 5.71. The molecule has 0 spiro atoms. The molecule has 1 heterocycles. The van der Waals surface area contributed by atoms with Crippen molar-refractivity contribution < 1.29 is 4.74 Å². The molecule has 0 fully saturated rings. The van der Waals surface area contributed by atoms with Crippen molar-refractivity contribution in [2.24, 2.45) is 0 Å². The molecule has 0 saturated carbocycles. The van der Waals surface area contributed by atoms with Crippen LogP contribution in [0.25, 0.3) is 0 Å². The van der Waals surface area contributed by atoms with E-state index in [9.17, 15) is 0 Å². The van der Waals surface area contributed by atoms with Crippen LogP contribution in [0.2, 0.25) is 15.1 Å². The maximum Gasteiger partial charge on any atom is 0.219 e. The molecule has 112 valence electrons. The first-order chi connectivity index (χ1) is 9.95. The fraction of sp³-hybridized carbons (Fsp3) is 0.267. The third-order valence-corrected chi connectivity index (χ3v) is 3.68. The van der Waals surface area contributed by atoms with Crippen molar-refractivity contribution in [3.8, 4) is 11.6 Å². The molecule has 0 unspecified atom stereocenters. The molecule has 0 saturated heterocycles. The highest BCUT2D eigenvalue weighted by Crippen LogP contribution is 2.35. The molecule has 0 atom stereocenters. The second-order valence-electron chi connectivity index (χ2n) is 4.80. The molecular formula is C15H15Cl3N2O. The zero-order valence-corrected chi connectivity index (χ0v) is 13.9. The first-order valence-corrected chi connectivity index (χ1v) is 7.61. The van der Waals surface area contributed by atoms with Gasteiger partial charge in [0.1, 0.15) is 5.75 Å². The van der Waals surface area contributed by atoms with Gasteiger partial charge in [-0.15, -0.1) is 0 Å². The van der Waals surface area contributed by atoms with Crippen LogP contribution in [-0.4, -0.2) is 11.0 Å². The highest BCUT2D eigenvalue weighted by atomic mass is 35.5. The Morgan fingerprint density at radius 1 is 1.10 bits per heavy atom. The Labute approximate surface area is 139 Å². The summed E-state index contributed by atoms with van der Waals surface area (Å²) in [6, 6.07) is 9.08. The van der Waals surface area contributed by atoms with Crippen LogP contribution in [-0.2, 0) is 6.54 Å². The Morgan fingerprint density at radius 2 is 1.81 bits per heavy atom. The van der Waals surface area contributed by atoms with Crippen molar-refractivity contribution in [2.75, 3.05) is 0 Å². The van der Waals surface area contributed by atoms with Gasteiger partial charge >= 0.3 is 0 Å². The van der Waals surface area contributed by atoms with E-state index in [0.29, 0.717) is 39.3 Å². The zero-order valence-electron chi connectivity index (χ0n) is 11.7. The summed E-state index contributed by atoms with van der Waals surface area (Å²) in [5.74, 6) is 0.880. The van der Waals surface area contributed by atoms with Gasteiger partial charge in [0.15, 0.2) is 0 Å². The van der Waals surface area contributed by atoms with Gasteiger partial charge in [-0.1, -0.05) is 54.7 Å². The molecule has 1 aromatic heterocycles. The number of hydrogen-bond acceptors (Lipinski definition) is 3. The predicted molar refractivity (Wildman–Crippen MR) is 87.8 cm³/mol. The normalized spacial score (nSPS) is 11.0. The summed E-state index contributed by atoms with van der Waals surface area (Å²) >= 11 is 17.9. The van der Waals surface area contributed by atoms with Crippen molar-refractivity contribution in [1.29, 1.82) is 0 Å². The number of nitrogens with zero attached hydrogens (tertiary/aromatic N) is 1. The Balaban J connectivity index is 2.16. The zero-order chi connectivity index (χ0) is 15.4. The van der Waals surface area contributed by atoms with E-state index >= 15 is 0 Å². The van der Waals surface area contributed by atoms with E-state index in [1.807, 2.05) is 12.1 Å². The standard InChI is InChI=1S/C15H15Cl3N2O/c1-9(2)19-8-10-4-3-5-15(20-10)21-14-7-12(17)11(16)6-13(14)18/h3-7,9,19H,8H2,1-2H3. The number of hydrogen-bond donors (Lipinski definition) is 1. The smallest absolute Gasteiger partial charge is 0.219 e. The Morgan fingerprint density at radius 3 is 2.52 bits per heavy atom. The largest absolute Gasteiger partial charge is 0.437 e. The molecule has 0 amide bonds. The van der Waals surface area contributed by atoms with E-state index in [-0.39, 0.29) is 0 Å². The van der Waals surface area contributed by atoms with Crippen LogP contribution in [0.5, 0.6) is 11.6 Å². The molecule has 0 radical (unpaired) electrons. The van der Waals surface area contributed by atoms with Crippen LogP contribution < -0.4 is 10.1 Å². The van der Waals surface area contributed by atoms with Crippen molar-refractivity contribution in [3.63, 3.8) is 0 Å². The Hall–Kier alpha value is -1.000. The quantitative estimate of drug-likeness (QED) is 0.743.